The molecule has 0 aliphatic rings. The van der Waals surface area contributed by atoms with E-state index in [1.807, 2.05) is 78.9 Å². The summed E-state index contributed by atoms with van der Waals surface area (Å²) in [6, 6.07) is 34.2. The SMILES string of the molecule is Nc1c(NC(c2ccccc2)c2ccccc2)ncnc1Oc1cccc2ccccc12. The van der Waals surface area contributed by atoms with Crippen molar-refractivity contribution in [1.29, 1.82) is 0 Å². The van der Waals surface area contributed by atoms with E-state index in [0.717, 1.165) is 21.9 Å². The molecule has 0 saturated carbocycles. The fourth-order valence-electron chi connectivity index (χ4n) is 3.75. The predicted octanol–water partition coefficient (Wildman–Crippen LogP) is 6.21. The highest BCUT2D eigenvalue weighted by Crippen LogP contribution is 2.35. The molecular weight excluding hydrogens is 396 g/mol. The Bertz CT molecular complexity index is 1300. The third-order valence-electron chi connectivity index (χ3n) is 5.35. The first-order valence-corrected chi connectivity index (χ1v) is 10.4. The number of anilines is 2. The van der Waals surface area contributed by atoms with Gasteiger partial charge in [-0.2, -0.15) is 4.98 Å². The molecule has 1 heterocycles. The molecule has 0 aliphatic heterocycles. The molecule has 0 spiro atoms. The van der Waals surface area contributed by atoms with E-state index in [9.17, 15) is 0 Å². The van der Waals surface area contributed by atoms with Crippen LogP contribution in [0.5, 0.6) is 11.6 Å². The van der Waals surface area contributed by atoms with Crippen LogP contribution in [-0.4, -0.2) is 9.97 Å². The summed E-state index contributed by atoms with van der Waals surface area (Å²) in [5, 5.41) is 5.57. The second-order valence-electron chi connectivity index (χ2n) is 7.42. The van der Waals surface area contributed by atoms with Gasteiger partial charge >= 0.3 is 0 Å². The van der Waals surface area contributed by atoms with Gasteiger partial charge in [0, 0.05) is 5.39 Å². The average molecular weight is 419 g/mol. The van der Waals surface area contributed by atoms with Crippen LogP contribution in [0.3, 0.4) is 0 Å². The summed E-state index contributed by atoms with van der Waals surface area (Å²) in [4.78, 5) is 8.70. The fraction of sp³-hybridized carbons (Fsp3) is 0.0370. The minimum absolute atomic E-state index is 0.125. The second kappa shape index (κ2) is 8.78. The first-order valence-electron chi connectivity index (χ1n) is 10.4. The molecule has 0 aliphatic carbocycles. The minimum Gasteiger partial charge on any atom is -0.436 e. The molecular formula is C27H22N4O. The maximum atomic E-state index is 6.47. The van der Waals surface area contributed by atoms with E-state index < -0.39 is 0 Å². The molecule has 5 heteroatoms. The lowest BCUT2D eigenvalue weighted by molar-refractivity contribution is 0.470. The van der Waals surface area contributed by atoms with Gasteiger partial charge in [-0.25, -0.2) is 4.98 Å². The Balaban J connectivity index is 1.50. The highest BCUT2D eigenvalue weighted by atomic mass is 16.5. The molecule has 5 rings (SSSR count). The number of nitrogen functional groups attached to an aromatic ring is 1. The van der Waals surface area contributed by atoms with Crippen LogP contribution in [0.1, 0.15) is 17.2 Å². The molecule has 0 fully saturated rings. The molecule has 3 N–H and O–H groups in total. The molecule has 5 aromatic rings. The molecule has 0 unspecified atom stereocenters. The van der Waals surface area contributed by atoms with Gasteiger partial charge in [-0.3, -0.25) is 0 Å². The summed E-state index contributed by atoms with van der Waals surface area (Å²) >= 11 is 0. The van der Waals surface area contributed by atoms with Crippen LogP contribution in [0, 0.1) is 0 Å². The van der Waals surface area contributed by atoms with Crippen molar-refractivity contribution in [3.8, 4) is 11.6 Å². The lowest BCUT2D eigenvalue weighted by Crippen LogP contribution is -2.15. The first kappa shape index (κ1) is 19.6. The van der Waals surface area contributed by atoms with Crippen molar-refractivity contribution in [2.24, 2.45) is 0 Å². The van der Waals surface area contributed by atoms with Gasteiger partial charge in [0.05, 0.1) is 6.04 Å². The lowest BCUT2D eigenvalue weighted by atomic mass is 9.99. The zero-order valence-electron chi connectivity index (χ0n) is 17.3. The van der Waals surface area contributed by atoms with Crippen LogP contribution < -0.4 is 15.8 Å². The number of aromatic nitrogens is 2. The minimum atomic E-state index is -0.125. The fourth-order valence-corrected chi connectivity index (χ4v) is 3.75. The van der Waals surface area contributed by atoms with Crippen LogP contribution in [0.2, 0.25) is 0 Å². The second-order valence-corrected chi connectivity index (χ2v) is 7.42. The van der Waals surface area contributed by atoms with Crippen LogP contribution in [0.15, 0.2) is 109 Å². The molecule has 0 saturated heterocycles. The van der Waals surface area contributed by atoms with Gasteiger partial charge in [0.25, 0.3) is 0 Å². The van der Waals surface area contributed by atoms with Gasteiger partial charge in [0.2, 0.25) is 5.88 Å². The van der Waals surface area contributed by atoms with E-state index in [1.165, 1.54) is 6.33 Å². The molecule has 0 bridgehead atoms. The third kappa shape index (κ3) is 3.96. The normalized spacial score (nSPS) is 10.9. The molecule has 0 radical (unpaired) electrons. The zero-order valence-corrected chi connectivity index (χ0v) is 17.3. The van der Waals surface area contributed by atoms with E-state index in [4.69, 9.17) is 10.5 Å². The van der Waals surface area contributed by atoms with Crippen molar-refractivity contribution in [2.45, 2.75) is 6.04 Å². The number of hydrogen-bond donors (Lipinski definition) is 2. The number of fused-ring (bicyclic) bond motifs is 1. The monoisotopic (exact) mass is 418 g/mol. The van der Waals surface area contributed by atoms with Crippen LogP contribution in [-0.2, 0) is 0 Å². The Hall–Kier alpha value is -4.38. The molecule has 0 amide bonds. The van der Waals surface area contributed by atoms with Crippen molar-refractivity contribution < 1.29 is 4.74 Å². The van der Waals surface area contributed by atoms with Crippen molar-refractivity contribution >= 4 is 22.3 Å². The smallest absolute Gasteiger partial charge is 0.248 e. The summed E-state index contributed by atoms with van der Waals surface area (Å²) < 4.78 is 6.14. The molecule has 5 nitrogen and oxygen atoms in total. The number of nitrogens with one attached hydrogen (secondary N) is 1. The molecule has 0 atom stereocenters. The van der Waals surface area contributed by atoms with Gasteiger partial charge in [-0.05, 0) is 22.6 Å². The summed E-state index contributed by atoms with van der Waals surface area (Å²) in [7, 11) is 0. The van der Waals surface area contributed by atoms with E-state index in [1.54, 1.807) is 0 Å². The van der Waals surface area contributed by atoms with Crippen molar-refractivity contribution in [1.82, 2.24) is 9.97 Å². The topological polar surface area (TPSA) is 73.1 Å². The van der Waals surface area contributed by atoms with E-state index in [-0.39, 0.29) is 6.04 Å². The molecule has 156 valence electrons. The van der Waals surface area contributed by atoms with Gasteiger partial charge < -0.3 is 15.8 Å². The van der Waals surface area contributed by atoms with Crippen molar-refractivity contribution in [3.63, 3.8) is 0 Å². The summed E-state index contributed by atoms with van der Waals surface area (Å²) in [5.41, 5.74) is 9.04. The summed E-state index contributed by atoms with van der Waals surface area (Å²) in [6.07, 6.45) is 1.46. The third-order valence-corrected chi connectivity index (χ3v) is 5.35. The highest BCUT2D eigenvalue weighted by Gasteiger charge is 2.18. The van der Waals surface area contributed by atoms with Crippen molar-refractivity contribution in [3.05, 3.63) is 121 Å². The molecule has 4 aromatic carbocycles. The van der Waals surface area contributed by atoms with E-state index in [2.05, 4.69) is 39.6 Å². The van der Waals surface area contributed by atoms with Gasteiger partial charge in [0.15, 0.2) is 5.82 Å². The maximum absolute atomic E-state index is 6.47. The lowest BCUT2D eigenvalue weighted by Gasteiger charge is -2.21. The van der Waals surface area contributed by atoms with Gasteiger partial charge in [0.1, 0.15) is 17.8 Å². The van der Waals surface area contributed by atoms with Gasteiger partial charge in [-0.15, -0.1) is 0 Å². The van der Waals surface area contributed by atoms with Crippen LogP contribution in [0.4, 0.5) is 11.5 Å². The molecule has 32 heavy (non-hydrogen) atoms. The van der Waals surface area contributed by atoms with Crippen molar-refractivity contribution in [2.75, 3.05) is 11.1 Å². The van der Waals surface area contributed by atoms with Crippen LogP contribution in [0.25, 0.3) is 10.8 Å². The predicted molar refractivity (Wildman–Crippen MR) is 129 cm³/mol. The van der Waals surface area contributed by atoms with Gasteiger partial charge in [-0.1, -0.05) is 97.1 Å². The first-order chi connectivity index (χ1) is 15.8. The van der Waals surface area contributed by atoms with Crippen LogP contribution >= 0.6 is 0 Å². The Morgan fingerprint density at radius 3 is 2.03 bits per heavy atom. The summed E-state index contributed by atoms with van der Waals surface area (Å²) in [6.45, 7) is 0. The molecule has 1 aromatic heterocycles. The standard InChI is InChI=1S/C27H22N4O/c28-24-26(31-25(20-11-3-1-4-12-20)21-13-5-2-6-14-21)29-18-30-27(24)32-23-17-9-15-19-10-7-8-16-22(19)23/h1-18,25H,28H2,(H,29,30,31). The number of ether oxygens (including phenoxy) is 1. The Kier molecular flexibility index (Phi) is 5.37. The average Bonchev–Trinajstić information content (AvgIpc) is 2.86. The number of hydrogen-bond acceptors (Lipinski definition) is 5. The quantitative estimate of drug-likeness (QED) is 0.343. The largest absolute Gasteiger partial charge is 0.436 e. The van der Waals surface area contributed by atoms with E-state index in [0.29, 0.717) is 23.1 Å². The Morgan fingerprint density at radius 2 is 1.31 bits per heavy atom. The number of rotatable bonds is 6. The summed E-state index contributed by atoms with van der Waals surface area (Å²) in [5.74, 6) is 1.54. The number of nitrogens with zero attached hydrogens (tertiary/aromatic N) is 2. The Morgan fingerprint density at radius 1 is 0.688 bits per heavy atom. The Labute approximate surface area is 186 Å². The van der Waals surface area contributed by atoms with E-state index >= 15 is 0 Å². The number of benzene rings is 4. The maximum Gasteiger partial charge on any atom is 0.248 e. The number of nitrogens with two attached hydrogens (primary N) is 1. The zero-order chi connectivity index (χ0) is 21.8. The highest BCUT2D eigenvalue weighted by molar-refractivity contribution is 5.88.